The van der Waals surface area contributed by atoms with E-state index in [9.17, 15) is 14.4 Å². The standard InChI is InChI=1S/C52H100O6/c1-4-7-10-13-16-19-21-23-25-26-27-29-30-33-36-39-42-45-51(54)57-48-49(47-56-50(53)44-41-38-35-32-18-15-12-9-6-3)58-52(55)46-43-40-37-34-31-28-24-22-20-17-14-11-8-5-2/h49H,4-48H2,1-3H3. The topological polar surface area (TPSA) is 78.9 Å². The van der Waals surface area contributed by atoms with E-state index in [0.29, 0.717) is 19.3 Å². The number of unbranched alkanes of at least 4 members (excludes halogenated alkanes) is 37. The normalized spacial score (nSPS) is 11.8. The minimum atomic E-state index is -0.759. The van der Waals surface area contributed by atoms with Gasteiger partial charge in [-0.25, -0.2) is 0 Å². The van der Waals surface area contributed by atoms with Gasteiger partial charge in [0, 0.05) is 19.3 Å². The fraction of sp³-hybridized carbons (Fsp3) is 0.942. The van der Waals surface area contributed by atoms with E-state index in [1.165, 1.54) is 199 Å². The number of carbonyl (C=O) groups excluding carboxylic acids is 3. The minimum absolute atomic E-state index is 0.0619. The van der Waals surface area contributed by atoms with Crippen LogP contribution in [0.1, 0.15) is 297 Å². The highest BCUT2D eigenvalue weighted by Gasteiger charge is 2.19. The van der Waals surface area contributed by atoms with Crippen molar-refractivity contribution in [2.45, 2.75) is 303 Å². The Morgan fingerprint density at radius 3 is 0.690 bits per heavy atom. The molecule has 0 fully saturated rings. The monoisotopic (exact) mass is 821 g/mol. The van der Waals surface area contributed by atoms with Gasteiger partial charge < -0.3 is 14.2 Å². The molecule has 1 unspecified atom stereocenters. The Bertz CT molecular complexity index is 859. The molecule has 0 heterocycles. The molecule has 0 saturated carbocycles. The van der Waals surface area contributed by atoms with Crippen molar-refractivity contribution in [3.05, 3.63) is 0 Å². The SMILES string of the molecule is CCCCCCCCCCCCCCCCCCCC(=O)OCC(COC(=O)CCCCCCCCCCC)OC(=O)CCCCCCCCCCCCCCCC. The van der Waals surface area contributed by atoms with Gasteiger partial charge in [-0.1, -0.05) is 258 Å². The Kier molecular flexibility index (Phi) is 46.8. The van der Waals surface area contributed by atoms with Gasteiger partial charge in [-0.3, -0.25) is 14.4 Å². The van der Waals surface area contributed by atoms with E-state index >= 15 is 0 Å². The van der Waals surface area contributed by atoms with Crippen LogP contribution in [-0.4, -0.2) is 37.2 Å². The Balaban J connectivity index is 4.24. The quantitative estimate of drug-likeness (QED) is 0.0346. The summed E-state index contributed by atoms with van der Waals surface area (Å²) < 4.78 is 16.8. The van der Waals surface area contributed by atoms with Crippen molar-refractivity contribution in [3.8, 4) is 0 Å². The predicted molar refractivity (Wildman–Crippen MR) is 247 cm³/mol. The van der Waals surface area contributed by atoms with Gasteiger partial charge in [0.1, 0.15) is 13.2 Å². The van der Waals surface area contributed by atoms with Crippen molar-refractivity contribution >= 4 is 17.9 Å². The van der Waals surface area contributed by atoms with Crippen molar-refractivity contribution in [1.82, 2.24) is 0 Å². The number of hydrogen-bond acceptors (Lipinski definition) is 6. The molecule has 0 N–H and O–H groups in total. The largest absolute Gasteiger partial charge is 0.462 e. The summed E-state index contributed by atoms with van der Waals surface area (Å²) in [6.45, 7) is 6.66. The average Bonchev–Trinajstić information content (AvgIpc) is 3.22. The van der Waals surface area contributed by atoms with Crippen LogP contribution in [0, 0.1) is 0 Å². The number of ether oxygens (including phenoxy) is 3. The average molecular weight is 821 g/mol. The zero-order valence-electron chi connectivity index (χ0n) is 39.3. The third-order valence-corrected chi connectivity index (χ3v) is 11.9. The number of esters is 3. The molecule has 0 bridgehead atoms. The molecule has 1 atom stereocenters. The molecule has 344 valence electrons. The molecule has 58 heavy (non-hydrogen) atoms. The lowest BCUT2D eigenvalue weighted by Crippen LogP contribution is -2.30. The van der Waals surface area contributed by atoms with Crippen LogP contribution in [-0.2, 0) is 28.6 Å². The summed E-state index contributed by atoms with van der Waals surface area (Å²) in [6.07, 6.45) is 50.9. The zero-order chi connectivity index (χ0) is 42.3. The van der Waals surface area contributed by atoms with Crippen LogP contribution < -0.4 is 0 Å². The van der Waals surface area contributed by atoms with E-state index in [1.807, 2.05) is 0 Å². The van der Waals surface area contributed by atoms with Crippen molar-refractivity contribution < 1.29 is 28.6 Å². The molecule has 0 spiro atoms. The van der Waals surface area contributed by atoms with Gasteiger partial charge in [0.15, 0.2) is 6.10 Å². The van der Waals surface area contributed by atoms with Crippen molar-refractivity contribution in [1.29, 1.82) is 0 Å². The molecule has 0 aliphatic rings. The van der Waals surface area contributed by atoms with E-state index in [-0.39, 0.29) is 31.1 Å². The van der Waals surface area contributed by atoms with E-state index < -0.39 is 6.10 Å². The van der Waals surface area contributed by atoms with Crippen LogP contribution in [0.15, 0.2) is 0 Å². The summed E-state index contributed by atoms with van der Waals surface area (Å²) in [5.41, 5.74) is 0. The van der Waals surface area contributed by atoms with Gasteiger partial charge >= 0.3 is 17.9 Å². The summed E-state index contributed by atoms with van der Waals surface area (Å²) in [6, 6.07) is 0. The number of hydrogen-bond donors (Lipinski definition) is 0. The van der Waals surface area contributed by atoms with Gasteiger partial charge in [0.25, 0.3) is 0 Å². The van der Waals surface area contributed by atoms with E-state index in [4.69, 9.17) is 14.2 Å². The lowest BCUT2D eigenvalue weighted by molar-refractivity contribution is -0.167. The third kappa shape index (κ3) is 45.5. The van der Waals surface area contributed by atoms with E-state index in [0.717, 1.165) is 57.8 Å². The molecule has 0 aromatic carbocycles. The first-order valence-corrected chi connectivity index (χ1v) is 26.0. The number of carbonyl (C=O) groups is 3. The molecular formula is C52H100O6. The molecule has 0 saturated heterocycles. The first-order valence-electron chi connectivity index (χ1n) is 26.0. The fourth-order valence-corrected chi connectivity index (χ4v) is 7.92. The summed E-state index contributed by atoms with van der Waals surface area (Å²) in [7, 11) is 0. The third-order valence-electron chi connectivity index (χ3n) is 11.9. The number of rotatable bonds is 48. The van der Waals surface area contributed by atoms with Gasteiger partial charge in [-0.15, -0.1) is 0 Å². The summed E-state index contributed by atoms with van der Waals surface area (Å²) >= 11 is 0. The lowest BCUT2D eigenvalue weighted by atomic mass is 10.0. The second kappa shape index (κ2) is 48.1. The van der Waals surface area contributed by atoms with Crippen LogP contribution in [0.25, 0.3) is 0 Å². The van der Waals surface area contributed by atoms with Gasteiger partial charge in [-0.05, 0) is 19.3 Å². The molecule has 6 nitrogen and oxygen atoms in total. The van der Waals surface area contributed by atoms with Crippen LogP contribution in [0.4, 0.5) is 0 Å². The molecule has 0 aliphatic carbocycles. The summed E-state index contributed by atoms with van der Waals surface area (Å²) in [5.74, 6) is -0.844. The Labute approximate surface area is 361 Å². The lowest BCUT2D eigenvalue weighted by Gasteiger charge is -2.18. The zero-order valence-corrected chi connectivity index (χ0v) is 39.3. The molecule has 0 aromatic rings. The van der Waals surface area contributed by atoms with E-state index in [1.54, 1.807) is 0 Å². The maximum absolute atomic E-state index is 12.8. The minimum Gasteiger partial charge on any atom is -0.462 e. The van der Waals surface area contributed by atoms with Crippen molar-refractivity contribution in [2.24, 2.45) is 0 Å². The summed E-state index contributed by atoms with van der Waals surface area (Å²) in [4.78, 5) is 37.9. The van der Waals surface area contributed by atoms with Gasteiger partial charge in [0.2, 0.25) is 0 Å². The Hall–Kier alpha value is -1.59. The highest BCUT2D eigenvalue weighted by atomic mass is 16.6. The summed E-state index contributed by atoms with van der Waals surface area (Å²) in [5, 5.41) is 0. The van der Waals surface area contributed by atoms with Crippen LogP contribution in [0.2, 0.25) is 0 Å². The van der Waals surface area contributed by atoms with Gasteiger partial charge in [-0.2, -0.15) is 0 Å². The highest BCUT2D eigenvalue weighted by molar-refractivity contribution is 5.71. The van der Waals surface area contributed by atoms with E-state index in [2.05, 4.69) is 20.8 Å². The molecular weight excluding hydrogens is 721 g/mol. The van der Waals surface area contributed by atoms with Crippen LogP contribution >= 0.6 is 0 Å². The van der Waals surface area contributed by atoms with Crippen molar-refractivity contribution in [2.75, 3.05) is 13.2 Å². The predicted octanol–water partition coefficient (Wildman–Crippen LogP) is 16.8. The van der Waals surface area contributed by atoms with Crippen LogP contribution in [0.5, 0.6) is 0 Å². The molecule has 0 radical (unpaired) electrons. The molecule has 0 aromatic heterocycles. The Morgan fingerprint density at radius 2 is 0.466 bits per heavy atom. The molecule has 6 heteroatoms. The van der Waals surface area contributed by atoms with Crippen molar-refractivity contribution in [3.63, 3.8) is 0 Å². The highest BCUT2D eigenvalue weighted by Crippen LogP contribution is 2.17. The van der Waals surface area contributed by atoms with Crippen LogP contribution in [0.3, 0.4) is 0 Å². The first-order chi connectivity index (χ1) is 28.5. The van der Waals surface area contributed by atoms with Gasteiger partial charge in [0.05, 0.1) is 0 Å². The molecule has 0 amide bonds. The maximum Gasteiger partial charge on any atom is 0.306 e. The second-order valence-corrected chi connectivity index (χ2v) is 17.8. The second-order valence-electron chi connectivity index (χ2n) is 17.8. The maximum atomic E-state index is 12.8. The Morgan fingerprint density at radius 1 is 0.276 bits per heavy atom. The first kappa shape index (κ1) is 56.4. The molecule has 0 aliphatic heterocycles. The molecule has 0 rings (SSSR count). The smallest absolute Gasteiger partial charge is 0.306 e. The fourth-order valence-electron chi connectivity index (χ4n) is 7.92.